The van der Waals surface area contributed by atoms with E-state index in [2.05, 4.69) is 36.2 Å². The van der Waals surface area contributed by atoms with Gasteiger partial charge >= 0.3 is 0 Å². The number of tetrazole rings is 1. The number of nitrogens with zero attached hydrogens (tertiary/aromatic N) is 4. The van der Waals surface area contributed by atoms with E-state index in [1.165, 1.54) is 11.2 Å². The Bertz CT molecular complexity index is 423. The molecule has 19 heavy (non-hydrogen) atoms. The van der Waals surface area contributed by atoms with Gasteiger partial charge in [0.15, 0.2) is 5.82 Å². The van der Waals surface area contributed by atoms with E-state index < -0.39 is 5.60 Å². The quantitative estimate of drug-likeness (QED) is 0.833. The monoisotopic (exact) mass is 266 g/mol. The summed E-state index contributed by atoms with van der Waals surface area (Å²) in [6.45, 7) is 6.89. The highest BCUT2D eigenvalue weighted by molar-refractivity contribution is 4.94. The van der Waals surface area contributed by atoms with Crippen molar-refractivity contribution < 1.29 is 5.11 Å². The molecule has 1 aromatic rings. The summed E-state index contributed by atoms with van der Waals surface area (Å²) in [6, 6.07) is 0. The minimum absolute atomic E-state index is 0.329. The Hall–Kier alpha value is -0.970. The minimum Gasteiger partial charge on any atom is -0.389 e. The summed E-state index contributed by atoms with van der Waals surface area (Å²) in [5.41, 5.74) is -0.320. The molecule has 1 N–H and O–H groups in total. The second-order valence-corrected chi connectivity index (χ2v) is 7.09. The third-order valence-corrected chi connectivity index (χ3v) is 4.41. The van der Waals surface area contributed by atoms with Crippen LogP contribution in [-0.2, 0) is 13.5 Å². The van der Waals surface area contributed by atoms with E-state index in [1.807, 2.05) is 0 Å². The first-order valence-corrected chi connectivity index (χ1v) is 7.24. The Morgan fingerprint density at radius 2 is 2.05 bits per heavy atom. The zero-order chi connectivity index (χ0) is 14.1. The highest BCUT2D eigenvalue weighted by Crippen LogP contribution is 2.40. The fraction of sp³-hybridized carbons (Fsp3) is 0.929. The van der Waals surface area contributed by atoms with E-state index >= 15 is 0 Å². The molecule has 0 saturated heterocycles. The Morgan fingerprint density at radius 1 is 1.32 bits per heavy atom. The normalized spacial score (nSPS) is 29.2. The lowest BCUT2D eigenvalue weighted by Gasteiger charge is -2.30. The van der Waals surface area contributed by atoms with Crippen molar-refractivity contribution in [2.24, 2.45) is 18.4 Å². The third-order valence-electron chi connectivity index (χ3n) is 4.41. The predicted molar refractivity (Wildman–Crippen MR) is 73.5 cm³/mol. The topological polar surface area (TPSA) is 63.8 Å². The molecule has 1 aliphatic carbocycles. The van der Waals surface area contributed by atoms with Crippen molar-refractivity contribution in [1.82, 2.24) is 20.2 Å². The Kier molecular flexibility index (Phi) is 3.95. The molecule has 0 bridgehead atoms. The molecule has 0 aliphatic heterocycles. The maximum atomic E-state index is 10.8. The second kappa shape index (κ2) is 5.19. The van der Waals surface area contributed by atoms with Crippen molar-refractivity contribution in [2.75, 3.05) is 0 Å². The van der Waals surface area contributed by atoms with Gasteiger partial charge in [0.25, 0.3) is 0 Å². The van der Waals surface area contributed by atoms with Gasteiger partial charge < -0.3 is 5.11 Å². The standard InChI is InChI=1S/C14H26N4O/c1-13(2,3)11-6-5-8-14(19,9-7-11)10-12-15-17-18(4)16-12/h11,19H,5-10H2,1-4H3. The molecule has 0 aromatic carbocycles. The van der Waals surface area contributed by atoms with Crippen LogP contribution in [0.4, 0.5) is 0 Å². The summed E-state index contributed by atoms with van der Waals surface area (Å²) in [7, 11) is 1.75. The summed E-state index contributed by atoms with van der Waals surface area (Å²) >= 11 is 0. The van der Waals surface area contributed by atoms with Crippen molar-refractivity contribution in [3.63, 3.8) is 0 Å². The predicted octanol–water partition coefficient (Wildman–Crippen LogP) is 2.11. The van der Waals surface area contributed by atoms with Crippen LogP contribution in [0.25, 0.3) is 0 Å². The van der Waals surface area contributed by atoms with Gasteiger partial charge in [0.2, 0.25) is 0 Å². The molecule has 108 valence electrons. The maximum Gasteiger partial charge on any atom is 0.177 e. The molecular formula is C14H26N4O. The van der Waals surface area contributed by atoms with Crippen LogP contribution in [0.5, 0.6) is 0 Å². The molecule has 1 aromatic heterocycles. The molecule has 1 fully saturated rings. The van der Waals surface area contributed by atoms with Gasteiger partial charge in [-0.05, 0) is 42.2 Å². The number of aryl methyl sites for hydroxylation is 1. The van der Waals surface area contributed by atoms with Gasteiger partial charge in [-0.15, -0.1) is 10.2 Å². The average molecular weight is 266 g/mol. The van der Waals surface area contributed by atoms with E-state index in [9.17, 15) is 5.11 Å². The van der Waals surface area contributed by atoms with Crippen LogP contribution in [0.3, 0.4) is 0 Å². The lowest BCUT2D eigenvalue weighted by atomic mass is 9.76. The molecule has 1 aliphatic rings. The van der Waals surface area contributed by atoms with Crippen LogP contribution < -0.4 is 0 Å². The summed E-state index contributed by atoms with van der Waals surface area (Å²) in [4.78, 5) is 1.45. The number of aliphatic hydroxyl groups is 1. The van der Waals surface area contributed by atoms with Gasteiger partial charge in [-0.25, -0.2) is 0 Å². The van der Waals surface area contributed by atoms with Crippen LogP contribution in [0.1, 0.15) is 58.7 Å². The van der Waals surface area contributed by atoms with Crippen LogP contribution in [-0.4, -0.2) is 30.9 Å². The summed E-state index contributed by atoms with van der Waals surface area (Å²) in [6.07, 6.45) is 5.58. The van der Waals surface area contributed by atoms with E-state index in [0.717, 1.165) is 25.7 Å². The van der Waals surface area contributed by atoms with Crippen LogP contribution in [0.15, 0.2) is 0 Å². The van der Waals surface area contributed by atoms with Gasteiger partial charge in [-0.1, -0.05) is 27.2 Å². The van der Waals surface area contributed by atoms with Crippen molar-refractivity contribution in [3.8, 4) is 0 Å². The number of aromatic nitrogens is 4. The lowest BCUT2D eigenvalue weighted by Crippen LogP contribution is -2.31. The Balaban J connectivity index is 2.01. The van der Waals surface area contributed by atoms with Gasteiger partial charge in [0.1, 0.15) is 0 Å². The molecule has 1 saturated carbocycles. The van der Waals surface area contributed by atoms with Gasteiger partial charge in [-0.2, -0.15) is 4.80 Å². The van der Waals surface area contributed by atoms with Crippen molar-refractivity contribution in [2.45, 2.75) is 64.9 Å². The molecule has 5 nitrogen and oxygen atoms in total. The number of hydrogen-bond acceptors (Lipinski definition) is 4. The maximum absolute atomic E-state index is 10.8. The number of rotatable bonds is 2. The molecule has 0 radical (unpaired) electrons. The largest absolute Gasteiger partial charge is 0.389 e. The molecular weight excluding hydrogens is 240 g/mol. The van der Waals surface area contributed by atoms with Gasteiger partial charge in [0, 0.05) is 6.42 Å². The first-order valence-electron chi connectivity index (χ1n) is 7.24. The fourth-order valence-electron chi connectivity index (χ4n) is 3.12. The fourth-order valence-corrected chi connectivity index (χ4v) is 3.12. The lowest BCUT2D eigenvalue weighted by molar-refractivity contribution is 0.0206. The summed E-state index contributed by atoms with van der Waals surface area (Å²) < 4.78 is 0. The molecule has 0 amide bonds. The molecule has 2 rings (SSSR count). The van der Waals surface area contributed by atoms with Crippen LogP contribution in [0.2, 0.25) is 0 Å². The molecule has 0 spiro atoms. The van der Waals surface area contributed by atoms with E-state index in [0.29, 0.717) is 23.6 Å². The van der Waals surface area contributed by atoms with E-state index in [1.54, 1.807) is 7.05 Å². The minimum atomic E-state index is -0.650. The van der Waals surface area contributed by atoms with Crippen molar-refractivity contribution in [3.05, 3.63) is 5.82 Å². The Labute approximate surface area is 115 Å². The first kappa shape index (κ1) is 14.4. The molecule has 1 heterocycles. The molecule has 5 heteroatoms. The Morgan fingerprint density at radius 3 is 2.63 bits per heavy atom. The average Bonchev–Trinajstić information content (AvgIpc) is 2.56. The summed E-state index contributed by atoms with van der Waals surface area (Å²) in [5, 5.41) is 22.8. The van der Waals surface area contributed by atoms with Crippen LogP contribution >= 0.6 is 0 Å². The highest BCUT2D eigenvalue weighted by atomic mass is 16.3. The zero-order valence-corrected chi connectivity index (χ0v) is 12.6. The SMILES string of the molecule is Cn1nnc(CC2(O)CCCC(C(C)(C)C)CC2)n1. The zero-order valence-electron chi connectivity index (χ0n) is 12.6. The second-order valence-electron chi connectivity index (χ2n) is 7.09. The van der Waals surface area contributed by atoms with Crippen LogP contribution in [0, 0.1) is 11.3 Å². The third kappa shape index (κ3) is 3.75. The highest BCUT2D eigenvalue weighted by Gasteiger charge is 2.35. The van der Waals surface area contributed by atoms with Crippen molar-refractivity contribution in [1.29, 1.82) is 0 Å². The summed E-state index contributed by atoms with van der Waals surface area (Å²) in [5.74, 6) is 1.34. The van der Waals surface area contributed by atoms with Gasteiger partial charge in [0.05, 0.1) is 12.6 Å². The molecule has 2 unspecified atom stereocenters. The van der Waals surface area contributed by atoms with E-state index in [-0.39, 0.29) is 0 Å². The van der Waals surface area contributed by atoms with Gasteiger partial charge in [-0.3, -0.25) is 0 Å². The molecule has 2 atom stereocenters. The number of hydrogen-bond donors (Lipinski definition) is 1. The first-order chi connectivity index (χ1) is 8.78. The van der Waals surface area contributed by atoms with Crippen molar-refractivity contribution >= 4 is 0 Å². The smallest absolute Gasteiger partial charge is 0.177 e. The van der Waals surface area contributed by atoms with E-state index in [4.69, 9.17) is 0 Å².